The van der Waals surface area contributed by atoms with Gasteiger partial charge < -0.3 is 10.0 Å². The lowest BCUT2D eigenvalue weighted by Crippen LogP contribution is -2.48. The van der Waals surface area contributed by atoms with Gasteiger partial charge in [-0.25, -0.2) is 4.39 Å². The van der Waals surface area contributed by atoms with Crippen LogP contribution in [-0.2, 0) is 6.42 Å². The fourth-order valence-corrected chi connectivity index (χ4v) is 2.62. The summed E-state index contributed by atoms with van der Waals surface area (Å²) in [5.41, 5.74) is 2.77. The lowest BCUT2D eigenvalue weighted by atomic mass is 9.92. The number of hydrogen-bond acceptors (Lipinski definition) is 3. The summed E-state index contributed by atoms with van der Waals surface area (Å²) in [5, 5.41) is 7.00. The fourth-order valence-electron chi connectivity index (χ4n) is 2.62. The van der Waals surface area contributed by atoms with Gasteiger partial charge in [0.15, 0.2) is 0 Å². The van der Waals surface area contributed by atoms with Crippen molar-refractivity contribution in [3.05, 3.63) is 59.7 Å². The second-order valence-corrected chi connectivity index (χ2v) is 5.24. The van der Waals surface area contributed by atoms with Crippen molar-refractivity contribution in [2.24, 2.45) is 5.92 Å². The smallest absolute Gasteiger partial charge is 0.149 e. The van der Waals surface area contributed by atoms with E-state index in [1.54, 1.807) is 0 Å². The maximum atomic E-state index is 14.0. The van der Waals surface area contributed by atoms with Crippen molar-refractivity contribution < 1.29 is 9.50 Å². The highest BCUT2D eigenvalue weighted by Crippen LogP contribution is 2.30. The molecule has 1 saturated heterocycles. The van der Waals surface area contributed by atoms with Crippen LogP contribution in [0.25, 0.3) is 0 Å². The molecular formula is C17H21FN2O. The standard InChI is InChI=1S/C16H17FN2.CH4O/c1-12-3-2-4-15(16(12)17)19-10-14(11-19)9-13-5-7-18-8-6-13;1-2/h2-8,14H,9-11H2,1H3;2H,1H3. The van der Waals surface area contributed by atoms with Gasteiger partial charge in [0.25, 0.3) is 0 Å². The van der Waals surface area contributed by atoms with E-state index in [0.717, 1.165) is 37.9 Å². The zero-order valence-corrected chi connectivity index (χ0v) is 12.5. The maximum absolute atomic E-state index is 14.0. The van der Waals surface area contributed by atoms with Gasteiger partial charge in [-0.3, -0.25) is 4.98 Å². The van der Waals surface area contributed by atoms with E-state index in [-0.39, 0.29) is 5.82 Å². The van der Waals surface area contributed by atoms with Crippen LogP contribution in [0.1, 0.15) is 11.1 Å². The van der Waals surface area contributed by atoms with Crippen molar-refractivity contribution >= 4 is 5.69 Å². The SMILES string of the molecule is CO.Cc1cccc(N2CC(Cc3ccncc3)C2)c1F. The first-order valence-corrected chi connectivity index (χ1v) is 7.07. The van der Waals surface area contributed by atoms with Crippen LogP contribution < -0.4 is 4.90 Å². The van der Waals surface area contributed by atoms with Gasteiger partial charge in [0.1, 0.15) is 5.82 Å². The van der Waals surface area contributed by atoms with Crippen LogP contribution in [0.3, 0.4) is 0 Å². The van der Waals surface area contributed by atoms with E-state index >= 15 is 0 Å². The molecule has 1 N–H and O–H groups in total. The van der Waals surface area contributed by atoms with Crippen LogP contribution in [0.2, 0.25) is 0 Å². The molecular weight excluding hydrogens is 267 g/mol. The van der Waals surface area contributed by atoms with Crippen molar-refractivity contribution in [1.29, 1.82) is 0 Å². The Labute approximate surface area is 125 Å². The number of aromatic nitrogens is 1. The molecule has 1 aliphatic rings. The van der Waals surface area contributed by atoms with E-state index in [1.807, 2.05) is 37.5 Å². The number of rotatable bonds is 3. The average Bonchev–Trinajstić information content (AvgIpc) is 2.49. The van der Waals surface area contributed by atoms with E-state index in [9.17, 15) is 4.39 Å². The van der Waals surface area contributed by atoms with Crippen molar-refractivity contribution in [3.63, 3.8) is 0 Å². The minimum absolute atomic E-state index is 0.0788. The highest BCUT2D eigenvalue weighted by molar-refractivity contribution is 5.52. The van der Waals surface area contributed by atoms with Gasteiger partial charge in [0, 0.05) is 32.6 Å². The molecule has 0 saturated carbocycles. The van der Waals surface area contributed by atoms with Crippen molar-refractivity contribution in [2.45, 2.75) is 13.3 Å². The van der Waals surface area contributed by atoms with Gasteiger partial charge in [-0.2, -0.15) is 0 Å². The Morgan fingerprint density at radius 2 is 1.86 bits per heavy atom. The van der Waals surface area contributed by atoms with Crippen LogP contribution in [0.15, 0.2) is 42.7 Å². The predicted octanol–water partition coefficient (Wildman–Crippen LogP) is 2.82. The monoisotopic (exact) mass is 288 g/mol. The zero-order valence-electron chi connectivity index (χ0n) is 12.5. The van der Waals surface area contributed by atoms with Crippen molar-refractivity contribution in [3.8, 4) is 0 Å². The summed E-state index contributed by atoms with van der Waals surface area (Å²) < 4.78 is 14.0. The molecule has 4 heteroatoms. The second-order valence-electron chi connectivity index (χ2n) is 5.24. The first-order chi connectivity index (χ1) is 10.2. The van der Waals surface area contributed by atoms with Gasteiger partial charge in [-0.05, 0) is 48.6 Å². The third-order valence-corrected chi connectivity index (χ3v) is 3.74. The topological polar surface area (TPSA) is 36.4 Å². The molecule has 0 unspecified atom stereocenters. The van der Waals surface area contributed by atoms with E-state index < -0.39 is 0 Å². The lowest BCUT2D eigenvalue weighted by molar-refractivity contribution is 0.399. The molecule has 1 aromatic heterocycles. The minimum atomic E-state index is -0.0788. The van der Waals surface area contributed by atoms with Gasteiger partial charge in [-0.15, -0.1) is 0 Å². The third-order valence-electron chi connectivity index (χ3n) is 3.74. The summed E-state index contributed by atoms with van der Waals surface area (Å²) in [4.78, 5) is 6.14. The number of benzene rings is 1. The number of hydrogen-bond donors (Lipinski definition) is 1. The Kier molecular flexibility index (Phi) is 5.28. The highest BCUT2D eigenvalue weighted by Gasteiger charge is 2.28. The maximum Gasteiger partial charge on any atom is 0.149 e. The summed E-state index contributed by atoms with van der Waals surface area (Å²) >= 11 is 0. The van der Waals surface area contributed by atoms with Gasteiger partial charge in [-0.1, -0.05) is 12.1 Å². The third kappa shape index (κ3) is 3.58. The van der Waals surface area contributed by atoms with Crippen LogP contribution in [0.4, 0.5) is 10.1 Å². The molecule has 2 heterocycles. The summed E-state index contributed by atoms with van der Waals surface area (Å²) in [6.07, 6.45) is 4.70. The first-order valence-electron chi connectivity index (χ1n) is 7.07. The van der Waals surface area contributed by atoms with E-state index in [1.165, 1.54) is 5.56 Å². The molecule has 0 bridgehead atoms. The summed E-state index contributed by atoms with van der Waals surface area (Å²) in [6.45, 7) is 3.68. The Morgan fingerprint density at radius 1 is 1.19 bits per heavy atom. The molecule has 2 aromatic rings. The van der Waals surface area contributed by atoms with Gasteiger partial charge in [0.2, 0.25) is 0 Å². The van der Waals surface area contributed by atoms with E-state index in [2.05, 4.69) is 22.0 Å². The zero-order chi connectivity index (χ0) is 15.2. The molecule has 1 aromatic carbocycles. The summed E-state index contributed by atoms with van der Waals surface area (Å²) in [7, 11) is 1.00. The normalized spacial score (nSPS) is 14.2. The lowest BCUT2D eigenvalue weighted by Gasteiger charge is -2.41. The largest absolute Gasteiger partial charge is 0.400 e. The van der Waals surface area contributed by atoms with Crippen molar-refractivity contribution in [1.82, 2.24) is 4.98 Å². The number of aliphatic hydroxyl groups is 1. The Balaban J connectivity index is 0.000000774. The predicted molar refractivity (Wildman–Crippen MR) is 82.9 cm³/mol. The van der Waals surface area contributed by atoms with Crippen LogP contribution >= 0.6 is 0 Å². The van der Waals surface area contributed by atoms with Crippen molar-refractivity contribution in [2.75, 3.05) is 25.1 Å². The van der Waals surface area contributed by atoms with Gasteiger partial charge >= 0.3 is 0 Å². The molecule has 1 fully saturated rings. The summed E-state index contributed by atoms with van der Waals surface area (Å²) in [6, 6.07) is 9.70. The number of aliphatic hydroxyl groups excluding tert-OH is 1. The molecule has 21 heavy (non-hydrogen) atoms. The Morgan fingerprint density at radius 3 is 2.52 bits per heavy atom. The van der Waals surface area contributed by atoms with Crippen LogP contribution in [0, 0.1) is 18.7 Å². The molecule has 0 amide bonds. The molecule has 3 rings (SSSR count). The molecule has 0 atom stereocenters. The molecule has 0 spiro atoms. The number of halogens is 1. The number of nitrogens with zero attached hydrogens (tertiary/aromatic N) is 2. The molecule has 0 radical (unpaired) electrons. The number of pyridine rings is 1. The van der Waals surface area contributed by atoms with E-state index in [4.69, 9.17) is 5.11 Å². The highest BCUT2D eigenvalue weighted by atomic mass is 19.1. The molecule has 112 valence electrons. The quantitative estimate of drug-likeness (QED) is 0.943. The van der Waals surface area contributed by atoms with Crippen LogP contribution in [0.5, 0.6) is 0 Å². The van der Waals surface area contributed by atoms with Crippen LogP contribution in [-0.4, -0.2) is 30.3 Å². The second kappa shape index (κ2) is 7.18. The average molecular weight is 288 g/mol. The molecule has 0 aliphatic carbocycles. The summed E-state index contributed by atoms with van der Waals surface area (Å²) in [5.74, 6) is 0.534. The first kappa shape index (κ1) is 15.4. The van der Waals surface area contributed by atoms with E-state index in [0.29, 0.717) is 5.92 Å². The number of anilines is 1. The Bertz CT molecular complexity index is 568. The number of aryl methyl sites for hydroxylation is 1. The minimum Gasteiger partial charge on any atom is -0.400 e. The van der Waals surface area contributed by atoms with Gasteiger partial charge in [0.05, 0.1) is 5.69 Å². The molecule has 1 aliphatic heterocycles. The molecule has 3 nitrogen and oxygen atoms in total. The fraction of sp³-hybridized carbons (Fsp3) is 0.353. The Hall–Kier alpha value is -1.94.